The van der Waals surface area contributed by atoms with E-state index >= 15 is 0 Å². The van der Waals surface area contributed by atoms with Crippen LogP contribution in [-0.2, 0) is 6.61 Å². The Morgan fingerprint density at radius 1 is 1.22 bits per heavy atom. The molecule has 0 saturated carbocycles. The highest BCUT2D eigenvalue weighted by atomic mass is 32.1. The topological polar surface area (TPSA) is 89.6 Å². The Bertz CT molecular complexity index is 964. The summed E-state index contributed by atoms with van der Waals surface area (Å²) in [6, 6.07) is 15.7. The van der Waals surface area contributed by atoms with Gasteiger partial charge in [-0.15, -0.1) is 0 Å². The molecule has 0 saturated heterocycles. The predicted molar refractivity (Wildman–Crippen MR) is 108 cm³/mol. The van der Waals surface area contributed by atoms with Crippen molar-refractivity contribution in [2.75, 3.05) is 5.73 Å². The molecular weight excluding hydrogens is 360 g/mol. The van der Waals surface area contributed by atoms with Crippen LogP contribution in [0.3, 0.4) is 0 Å². The second kappa shape index (κ2) is 8.46. The smallest absolute Gasteiger partial charge is 0.283 e. The molecule has 138 valence electrons. The number of hydrogen-bond donors (Lipinski definition) is 2. The average Bonchev–Trinajstić information content (AvgIpc) is 3.00. The van der Waals surface area contributed by atoms with Crippen molar-refractivity contribution in [1.29, 1.82) is 0 Å². The number of nitrogens with zero attached hydrogens (tertiary/aromatic N) is 2. The van der Waals surface area contributed by atoms with Crippen molar-refractivity contribution >= 4 is 28.6 Å². The van der Waals surface area contributed by atoms with Crippen LogP contribution in [0.4, 0.5) is 5.13 Å². The van der Waals surface area contributed by atoms with Gasteiger partial charge >= 0.3 is 0 Å². The molecule has 2 aromatic carbocycles. The number of hydrogen-bond acceptors (Lipinski definition) is 6. The van der Waals surface area contributed by atoms with E-state index in [1.165, 1.54) is 5.56 Å². The Morgan fingerprint density at radius 2 is 1.96 bits per heavy atom. The summed E-state index contributed by atoms with van der Waals surface area (Å²) in [5, 5.41) is 4.39. The lowest BCUT2D eigenvalue weighted by molar-refractivity contribution is 0.0958. The summed E-state index contributed by atoms with van der Waals surface area (Å²) in [5.41, 5.74) is 11.8. The number of carbonyl (C=O) groups is 1. The predicted octanol–water partition coefficient (Wildman–Crippen LogP) is 3.69. The van der Waals surface area contributed by atoms with Crippen LogP contribution in [0.2, 0.25) is 0 Å². The molecule has 3 N–H and O–H groups in total. The first-order valence-corrected chi connectivity index (χ1v) is 9.18. The van der Waals surface area contributed by atoms with Gasteiger partial charge in [-0.2, -0.15) is 5.10 Å². The first-order valence-electron chi connectivity index (χ1n) is 8.36. The minimum atomic E-state index is -0.337. The summed E-state index contributed by atoms with van der Waals surface area (Å²) in [6.45, 7) is 4.24. The second-order valence-electron chi connectivity index (χ2n) is 5.98. The number of carbonyl (C=O) groups excluding carboxylic acids is 1. The molecule has 1 amide bonds. The van der Waals surface area contributed by atoms with Crippen molar-refractivity contribution in [2.24, 2.45) is 5.10 Å². The maximum Gasteiger partial charge on any atom is 0.283 e. The van der Waals surface area contributed by atoms with E-state index in [1.54, 1.807) is 13.1 Å². The van der Waals surface area contributed by atoms with Gasteiger partial charge in [0.2, 0.25) is 0 Å². The lowest BCUT2D eigenvalue weighted by atomic mass is 10.1. The highest BCUT2D eigenvalue weighted by Crippen LogP contribution is 2.20. The van der Waals surface area contributed by atoms with Crippen LogP contribution in [0.5, 0.6) is 5.75 Å². The van der Waals surface area contributed by atoms with Gasteiger partial charge in [-0.05, 0) is 31.5 Å². The maximum absolute atomic E-state index is 12.2. The normalized spacial score (nSPS) is 10.9. The zero-order chi connectivity index (χ0) is 19.2. The number of benzene rings is 2. The van der Waals surface area contributed by atoms with Gasteiger partial charge in [0.25, 0.3) is 5.91 Å². The summed E-state index contributed by atoms with van der Waals surface area (Å²) in [6.07, 6.45) is 1.56. The van der Waals surface area contributed by atoms with Crippen LogP contribution < -0.4 is 15.9 Å². The summed E-state index contributed by atoms with van der Waals surface area (Å²) in [7, 11) is 0. The number of nitrogens with one attached hydrogen (secondary N) is 1. The molecule has 0 aliphatic heterocycles. The highest BCUT2D eigenvalue weighted by Gasteiger charge is 2.13. The number of aromatic nitrogens is 1. The van der Waals surface area contributed by atoms with Crippen molar-refractivity contribution in [3.8, 4) is 5.75 Å². The number of aryl methyl sites for hydroxylation is 2. The second-order valence-corrected chi connectivity index (χ2v) is 7.01. The summed E-state index contributed by atoms with van der Waals surface area (Å²) in [4.78, 5) is 16.6. The highest BCUT2D eigenvalue weighted by molar-refractivity contribution is 7.17. The lowest BCUT2D eigenvalue weighted by Crippen LogP contribution is -2.17. The van der Waals surface area contributed by atoms with Gasteiger partial charge in [0.15, 0.2) is 5.13 Å². The van der Waals surface area contributed by atoms with Crippen LogP contribution in [0, 0.1) is 13.8 Å². The van der Waals surface area contributed by atoms with E-state index in [2.05, 4.69) is 27.6 Å². The average molecular weight is 380 g/mol. The van der Waals surface area contributed by atoms with Crippen LogP contribution in [0.25, 0.3) is 0 Å². The van der Waals surface area contributed by atoms with Gasteiger partial charge in [-0.25, -0.2) is 10.4 Å². The van der Waals surface area contributed by atoms with Gasteiger partial charge in [0.05, 0.1) is 11.9 Å². The van der Waals surface area contributed by atoms with E-state index in [9.17, 15) is 4.79 Å². The van der Waals surface area contributed by atoms with Crippen LogP contribution in [0.1, 0.15) is 32.1 Å². The molecular formula is C20H20N4O2S. The number of nitrogens with two attached hydrogens (primary N) is 1. The van der Waals surface area contributed by atoms with Gasteiger partial charge in [-0.1, -0.05) is 53.3 Å². The number of amides is 1. The summed E-state index contributed by atoms with van der Waals surface area (Å²) < 4.78 is 5.90. The largest absolute Gasteiger partial charge is 0.488 e. The Balaban J connectivity index is 1.64. The van der Waals surface area contributed by atoms with Gasteiger partial charge in [0.1, 0.15) is 17.2 Å². The number of thiazole rings is 1. The molecule has 0 spiro atoms. The Morgan fingerprint density at radius 3 is 2.67 bits per heavy atom. The third-order valence-electron chi connectivity index (χ3n) is 3.82. The lowest BCUT2D eigenvalue weighted by Gasteiger charge is -2.09. The van der Waals surface area contributed by atoms with E-state index in [1.807, 2.05) is 43.3 Å². The van der Waals surface area contributed by atoms with Gasteiger partial charge < -0.3 is 10.5 Å². The van der Waals surface area contributed by atoms with Crippen molar-refractivity contribution in [2.45, 2.75) is 20.5 Å². The van der Waals surface area contributed by atoms with Crippen LogP contribution >= 0.6 is 11.3 Å². The minimum Gasteiger partial charge on any atom is -0.488 e. The zero-order valence-electron chi connectivity index (χ0n) is 15.1. The van der Waals surface area contributed by atoms with Crippen molar-refractivity contribution in [1.82, 2.24) is 10.4 Å². The Kier molecular flexibility index (Phi) is 5.83. The van der Waals surface area contributed by atoms with Crippen molar-refractivity contribution in [3.05, 3.63) is 75.8 Å². The molecule has 1 aromatic heterocycles. The fraction of sp³-hybridized carbons (Fsp3) is 0.150. The van der Waals surface area contributed by atoms with Crippen LogP contribution in [0.15, 0.2) is 53.6 Å². The van der Waals surface area contributed by atoms with Gasteiger partial charge in [0, 0.05) is 5.56 Å². The first-order chi connectivity index (χ1) is 13.0. The number of ether oxygens (including phenoxy) is 1. The molecule has 6 nitrogen and oxygen atoms in total. The van der Waals surface area contributed by atoms with E-state index in [0.29, 0.717) is 28.1 Å². The third kappa shape index (κ3) is 4.92. The quantitative estimate of drug-likeness (QED) is 0.504. The first kappa shape index (κ1) is 18.6. The molecule has 1 heterocycles. The summed E-state index contributed by atoms with van der Waals surface area (Å²) >= 11 is 1.13. The Hall–Kier alpha value is -3.19. The molecule has 0 atom stereocenters. The molecule has 0 bridgehead atoms. The number of anilines is 1. The SMILES string of the molecule is Cc1ccc(COc2ccccc2C=NNC(=O)c2sc(N)nc2C)cc1. The molecule has 27 heavy (non-hydrogen) atoms. The molecule has 0 unspecified atom stereocenters. The molecule has 0 aliphatic carbocycles. The van der Waals surface area contributed by atoms with E-state index < -0.39 is 0 Å². The Labute approximate surface area is 161 Å². The molecule has 3 rings (SSSR count). The monoisotopic (exact) mass is 380 g/mol. The molecule has 0 aliphatic rings. The van der Waals surface area contributed by atoms with E-state index in [4.69, 9.17) is 10.5 Å². The van der Waals surface area contributed by atoms with E-state index in [-0.39, 0.29) is 5.91 Å². The number of nitrogen functional groups attached to an aromatic ring is 1. The molecule has 0 fully saturated rings. The van der Waals surface area contributed by atoms with Crippen molar-refractivity contribution < 1.29 is 9.53 Å². The fourth-order valence-electron chi connectivity index (χ4n) is 2.40. The third-order valence-corrected chi connectivity index (χ3v) is 4.81. The van der Waals surface area contributed by atoms with E-state index in [0.717, 1.165) is 22.5 Å². The number of rotatable bonds is 6. The standard InChI is InChI=1S/C20H20N4O2S/c1-13-7-9-15(10-8-13)12-26-17-6-4-3-5-16(17)11-22-24-19(25)18-14(2)23-20(21)27-18/h3-11H,12H2,1-2H3,(H2,21,23)(H,24,25). The number of hydrazone groups is 1. The summed E-state index contributed by atoms with van der Waals surface area (Å²) in [5.74, 6) is 0.352. The van der Waals surface area contributed by atoms with Crippen molar-refractivity contribution in [3.63, 3.8) is 0 Å². The van der Waals surface area contributed by atoms with Crippen LogP contribution in [-0.4, -0.2) is 17.1 Å². The van der Waals surface area contributed by atoms with Gasteiger partial charge in [-0.3, -0.25) is 4.79 Å². The molecule has 3 aromatic rings. The maximum atomic E-state index is 12.2. The fourth-order valence-corrected chi connectivity index (χ4v) is 3.13. The zero-order valence-corrected chi connectivity index (χ0v) is 15.9. The number of para-hydroxylation sites is 1. The molecule has 0 radical (unpaired) electrons. The molecule has 7 heteroatoms. The minimum absolute atomic E-state index is 0.337.